The summed E-state index contributed by atoms with van der Waals surface area (Å²) in [6.07, 6.45) is 1.59. The average molecular weight is 439 g/mol. The van der Waals surface area contributed by atoms with Crippen LogP contribution in [-0.4, -0.2) is 24.8 Å². The number of carbonyl (C=O) groups excluding carboxylic acids is 2. The summed E-state index contributed by atoms with van der Waals surface area (Å²) in [5.41, 5.74) is 1.89. The first-order chi connectivity index (χ1) is 15.0. The number of aryl methyl sites for hydroxylation is 2. The molecule has 1 aliphatic carbocycles. The molecule has 32 heavy (non-hydrogen) atoms. The van der Waals surface area contributed by atoms with E-state index in [1.807, 2.05) is 50.2 Å². The lowest BCUT2D eigenvalue weighted by Gasteiger charge is -2.46. The van der Waals surface area contributed by atoms with Crippen LogP contribution in [0, 0.1) is 24.7 Å². The van der Waals surface area contributed by atoms with Crippen molar-refractivity contribution in [2.75, 3.05) is 6.54 Å². The molecule has 0 aromatic heterocycles. The zero-order valence-electron chi connectivity index (χ0n) is 19.7. The molecule has 0 aliphatic heterocycles. The Balaban J connectivity index is 1.57. The molecule has 6 heteroatoms. The topological polar surface area (TPSA) is 76.7 Å². The molecule has 2 unspecified atom stereocenters. The Kier molecular flexibility index (Phi) is 7.12. The second-order valence-corrected chi connectivity index (χ2v) is 10.2. The van der Waals surface area contributed by atoms with Gasteiger partial charge in [0.15, 0.2) is 0 Å². The average Bonchev–Trinajstić information content (AvgIpc) is 2.65. The van der Waals surface area contributed by atoms with Gasteiger partial charge in [0.25, 0.3) is 0 Å². The highest BCUT2D eigenvalue weighted by atomic mass is 16.6. The molecule has 6 nitrogen and oxygen atoms in total. The standard InChI is InChI=1S/C26H34N2O4/c1-18-8-6-10-21(12-18)31-23(29)27-17-26(5)15-20(14-25(3,4)16-26)28-24(30)32-22-11-7-9-19(2)13-22/h6-13,20H,14-17H2,1-5H3,(H,27,29)(H,28,30). The number of hydrogen-bond donors (Lipinski definition) is 2. The summed E-state index contributed by atoms with van der Waals surface area (Å²) in [4.78, 5) is 24.8. The fourth-order valence-corrected chi connectivity index (χ4v) is 4.96. The van der Waals surface area contributed by atoms with Crippen LogP contribution in [-0.2, 0) is 0 Å². The van der Waals surface area contributed by atoms with Crippen LogP contribution in [0.25, 0.3) is 0 Å². The van der Waals surface area contributed by atoms with Crippen molar-refractivity contribution in [3.05, 3.63) is 59.7 Å². The summed E-state index contributed by atoms with van der Waals surface area (Å²) >= 11 is 0. The lowest BCUT2D eigenvalue weighted by molar-refractivity contribution is 0.0701. The largest absolute Gasteiger partial charge is 0.412 e. The third kappa shape index (κ3) is 7.01. The van der Waals surface area contributed by atoms with Crippen molar-refractivity contribution in [3.8, 4) is 11.5 Å². The second-order valence-electron chi connectivity index (χ2n) is 10.2. The lowest BCUT2D eigenvalue weighted by Crippen LogP contribution is -2.51. The molecule has 2 amide bonds. The van der Waals surface area contributed by atoms with E-state index in [1.165, 1.54) is 0 Å². The molecule has 2 N–H and O–H groups in total. The predicted molar refractivity (Wildman–Crippen MR) is 125 cm³/mol. The van der Waals surface area contributed by atoms with E-state index >= 15 is 0 Å². The van der Waals surface area contributed by atoms with Gasteiger partial charge in [-0.15, -0.1) is 0 Å². The predicted octanol–water partition coefficient (Wildman–Crippen LogP) is 5.77. The number of hydrogen-bond acceptors (Lipinski definition) is 4. The summed E-state index contributed by atoms with van der Waals surface area (Å²) < 4.78 is 10.9. The molecule has 0 heterocycles. The number of carbonyl (C=O) groups is 2. The van der Waals surface area contributed by atoms with E-state index in [4.69, 9.17) is 9.47 Å². The quantitative estimate of drug-likeness (QED) is 0.622. The Morgan fingerprint density at radius 1 is 0.906 bits per heavy atom. The van der Waals surface area contributed by atoms with Gasteiger partial charge in [-0.2, -0.15) is 0 Å². The molecule has 1 fully saturated rings. The Morgan fingerprint density at radius 3 is 2.03 bits per heavy atom. The van der Waals surface area contributed by atoms with Crippen LogP contribution in [0.3, 0.4) is 0 Å². The molecule has 0 bridgehead atoms. The molecule has 2 aromatic carbocycles. The third-order valence-corrected chi connectivity index (χ3v) is 5.83. The molecule has 1 aliphatic rings. The highest BCUT2D eigenvalue weighted by Gasteiger charge is 2.42. The van der Waals surface area contributed by atoms with Gasteiger partial charge >= 0.3 is 12.2 Å². The van der Waals surface area contributed by atoms with Crippen LogP contribution < -0.4 is 20.1 Å². The van der Waals surface area contributed by atoms with Gasteiger partial charge in [-0.1, -0.05) is 45.0 Å². The monoisotopic (exact) mass is 438 g/mol. The van der Waals surface area contributed by atoms with Crippen LogP contribution in [0.2, 0.25) is 0 Å². The van der Waals surface area contributed by atoms with Crippen LogP contribution in [0.5, 0.6) is 11.5 Å². The van der Waals surface area contributed by atoms with Gasteiger partial charge < -0.3 is 20.1 Å². The fraction of sp³-hybridized carbons (Fsp3) is 0.462. The number of ether oxygens (including phenoxy) is 2. The Morgan fingerprint density at radius 2 is 1.47 bits per heavy atom. The van der Waals surface area contributed by atoms with E-state index in [2.05, 4.69) is 31.4 Å². The van der Waals surface area contributed by atoms with E-state index in [0.29, 0.717) is 18.0 Å². The zero-order chi connectivity index (χ0) is 23.4. The van der Waals surface area contributed by atoms with Crippen LogP contribution in [0.4, 0.5) is 9.59 Å². The van der Waals surface area contributed by atoms with Gasteiger partial charge in [-0.05, 0) is 79.3 Å². The van der Waals surface area contributed by atoms with Gasteiger partial charge in [0.1, 0.15) is 11.5 Å². The van der Waals surface area contributed by atoms with Crippen LogP contribution >= 0.6 is 0 Å². The minimum Gasteiger partial charge on any atom is -0.410 e. The van der Waals surface area contributed by atoms with Crippen molar-refractivity contribution >= 4 is 12.2 Å². The van der Waals surface area contributed by atoms with Crippen molar-refractivity contribution in [1.29, 1.82) is 0 Å². The van der Waals surface area contributed by atoms with Crippen molar-refractivity contribution in [2.24, 2.45) is 10.8 Å². The van der Waals surface area contributed by atoms with E-state index in [0.717, 1.165) is 30.4 Å². The number of nitrogens with one attached hydrogen (secondary N) is 2. The third-order valence-electron chi connectivity index (χ3n) is 5.83. The number of rotatable bonds is 5. The summed E-state index contributed by atoms with van der Waals surface area (Å²) in [6.45, 7) is 10.9. The normalized spacial score (nSPS) is 22.0. The maximum Gasteiger partial charge on any atom is 0.412 e. The minimum absolute atomic E-state index is 0.0103. The Bertz CT molecular complexity index is 972. The lowest BCUT2D eigenvalue weighted by atomic mass is 9.62. The molecule has 3 rings (SSSR count). The summed E-state index contributed by atoms with van der Waals surface area (Å²) in [7, 11) is 0. The van der Waals surface area contributed by atoms with Crippen molar-refractivity contribution in [2.45, 2.75) is 59.9 Å². The van der Waals surface area contributed by atoms with Gasteiger partial charge in [-0.25, -0.2) is 9.59 Å². The van der Waals surface area contributed by atoms with Gasteiger partial charge in [0.05, 0.1) is 0 Å². The first kappa shape index (κ1) is 23.6. The highest BCUT2D eigenvalue weighted by Crippen LogP contribution is 2.45. The molecule has 2 atom stereocenters. The molecule has 2 aromatic rings. The molecule has 0 radical (unpaired) electrons. The van der Waals surface area contributed by atoms with Gasteiger partial charge in [0.2, 0.25) is 0 Å². The Labute approximate surface area is 190 Å². The summed E-state index contributed by atoms with van der Waals surface area (Å²) in [6, 6.07) is 14.8. The molecule has 1 saturated carbocycles. The van der Waals surface area contributed by atoms with E-state index in [1.54, 1.807) is 12.1 Å². The number of benzene rings is 2. The molecule has 172 valence electrons. The van der Waals surface area contributed by atoms with E-state index < -0.39 is 12.2 Å². The maximum atomic E-state index is 12.5. The number of amides is 2. The maximum absolute atomic E-state index is 12.5. The van der Waals surface area contributed by atoms with E-state index in [-0.39, 0.29) is 16.9 Å². The van der Waals surface area contributed by atoms with Crippen molar-refractivity contribution in [3.63, 3.8) is 0 Å². The van der Waals surface area contributed by atoms with Gasteiger partial charge in [-0.3, -0.25) is 0 Å². The smallest absolute Gasteiger partial charge is 0.410 e. The van der Waals surface area contributed by atoms with Gasteiger partial charge in [0, 0.05) is 12.6 Å². The van der Waals surface area contributed by atoms with Crippen molar-refractivity contribution < 1.29 is 19.1 Å². The molecular weight excluding hydrogens is 404 g/mol. The SMILES string of the molecule is Cc1cccc(OC(=O)NCC2(C)CC(NC(=O)Oc3cccc(C)c3)CC(C)(C)C2)c1. The molecular formula is C26H34N2O4. The summed E-state index contributed by atoms with van der Waals surface area (Å²) in [5.74, 6) is 1.05. The fourth-order valence-electron chi connectivity index (χ4n) is 4.96. The Hall–Kier alpha value is -3.02. The van der Waals surface area contributed by atoms with Crippen LogP contribution in [0.15, 0.2) is 48.5 Å². The summed E-state index contributed by atoms with van der Waals surface area (Å²) in [5, 5.41) is 5.94. The van der Waals surface area contributed by atoms with Crippen LogP contribution in [0.1, 0.15) is 51.2 Å². The highest BCUT2D eigenvalue weighted by molar-refractivity contribution is 5.71. The molecule has 0 spiro atoms. The zero-order valence-corrected chi connectivity index (χ0v) is 19.7. The minimum atomic E-state index is -0.469. The van der Waals surface area contributed by atoms with Crippen molar-refractivity contribution in [1.82, 2.24) is 10.6 Å². The first-order valence-corrected chi connectivity index (χ1v) is 11.1. The first-order valence-electron chi connectivity index (χ1n) is 11.1. The molecule has 0 saturated heterocycles. The second kappa shape index (κ2) is 9.63. The van der Waals surface area contributed by atoms with E-state index in [9.17, 15) is 9.59 Å².